The van der Waals surface area contributed by atoms with E-state index < -0.39 is 39.1 Å². The van der Waals surface area contributed by atoms with E-state index in [4.69, 9.17) is 0 Å². The number of anilines is 1. The largest absolute Gasteiger partial charge is 0.356 e. The third kappa shape index (κ3) is 5.42. The molecular weight excluding hydrogens is 333 g/mol. The van der Waals surface area contributed by atoms with E-state index in [2.05, 4.69) is 5.32 Å². The average Bonchev–Trinajstić information content (AvgIpc) is 2.43. The summed E-state index contributed by atoms with van der Waals surface area (Å²) in [6, 6.07) is 1.45. The van der Waals surface area contributed by atoms with Gasteiger partial charge in [0.05, 0.1) is 11.9 Å². The number of amides is 1. The molecule has 0 spiro atoms. The Balaban J connectivity index is 2.96. The third-order valence-corrected chi connectivity index (χ3v) is 4.11. The van der Waals surface area contributed by atoms with Crippen molar-refractivity contribution in [1.29, 1.82) is 0 Å². The molecule has 0 aliphatic carbocycles. The van der Waals surface area contributed by atoms with Crippen LogP contribution in [-0.2, 0) is 14.8 Å². The average molecular weight is 352 g/mol. The molecule has 0 saturated carbocycles. The Morgan fingerprint density at radius 2 is 1.83 bits per heavy atom. The van der Waals surface area contributed by atoms with E-state index in [0.29, 0.717) is 16.9 Å². The van der Waals surface area contributed by atoms with Crippen LogP contribution in [0, 0.1) is 23.4 Å². The summed E-state index contributed by atoms with van der Waals surface area (Å²) in [6.07, 6.45) is 0.554. The first-order chi connectivity index (χ1) is 10.5. The zero-order valence-corrected chi connectivity index (χ0v) is 13.9. The second-order valence-electron chi connectivity index (χ2n) is 5.48. The first-order valence-corrected chi connectivity index (χ1v) is 8.76. The molecule has 1 rings (SSSR count). The maximum atomic E-state index is 13.8. The number of carbonyl (C=O) groups excluding carboxylic acids is 1. The minimum Gasteiger partial charge on any atom is -0.356 e. The van der Waals surface area contributed by atoms with Crippen molar-refractivity contribution in [3.63, 3.8) is 0 Å². The van der Waals surface area contributed by atoms with Gasteiger partial charge in [0.25, 0.3) is 0 Å². The van der Waals surface area contributed by atoms with Crippen LogP contribution in [0.25, 0.3) is 0 Å². The molecule has 0 fully saturated rings. The minimum atomic E-state index is -3.97. The van der Waals surface area contributed by atoms with Crippen molar-refractivity contribution >= 4 is 21.6 Å². The van der Waals surface area contributed by atoms with Gasteiger partial charge in [-0.1, -0.05) is 13.8 Å². The number of hydrogen-bond acceptors (Lipinski definition) is 3. The van der Waals surface area contributed by atoms with Gasteiger partial charge in [-0.3, -0.25) is 9.10 Å². The highest BCUT2D eigenvalue weighted by atomic mass is 32.2. The van der Waals surface area contributed by atoms with Gasteiger partial charge >= 0.3 is 0 Å². The molecule has 1 N–H and O–H groups in total. The first kappa shape index (κ1) is 19.3. The maximum absolute atomic E-state index is 13.8. The first-order valence-electron chi connectivity index (χ1n) is 6.92. The van der Waals surface area contributed by atoms with Crippen LogP contribution >= 0.6 is 0 Å². The molecule has 5 nitrogen and oxygen atoms in total. The van der Waals surface area contributed by atoms with Crippen molar-refractivity contribution in [2.75, 3.05) is 23.7 Å². The second kappa shape index (κ2) is 7.67. The molecular formula is C14H19F3N2O3S. The summed E-state index contributed by atoms with van der Waals surface area (Å²) in [7, 11) is -3.97. The molecule has 130 valence electrons. The molecule has 0 saturated heterocycles. The van der Waals surface area contributed by atoms with Crippen LogP contribution in [0.15, 0.2) is 12.1 Å². The number of carbonyl (C=O) groups is 1. The van der Waals surface area contributed by atoms with E-state index in [0.717, 1.165) is 12.3 Å². The highest BCUT2D eigenvalue weighted by Gasteiger charge is 2.25. The lowest BCUT2D eigenvalue weighted by molar-refractivity contribution is -0.121. The van der Waals surface area contributed by atoms with Crippen molar-refractivity contribution < 1.29 is 26.4 Å². The molecule has 9 heteroatoms. The maximum Gasteiger partial charge on any atom is 0.232 e. The summed E-state index contributed by atoms with van der Waals surface area (Å²) in [5.41, 5.74) is -0.636. The summed E-state index contributed by atoms with van der Waals surface area (Å²) in [5.74, 6) is -5.00. The molecule has 0 heterocycles. The zero-order valence-electron chi connectivity index (χ0n) is 13.1. The zero-order chi connectivity index (χ0) is 17.8. The van der Waals surface area contributed by atoms with E-state index in [9.17, 15) is 26.4 Å². The Morgan fingerprint density at radius 3 is 2.35 bits per heavy atom. The van der Waals surface area contributed by atoms with Gasteiger partial charge in [-0.05, 0) is 18.1 Å². The highest BCUT2D eigenvalue weighted by molar-refractivity contribution is 7.92. The van der Waals surface area contributed by atoms with Crippen molar-refractivity contribution in [2.45, 2.75) is 20.3 Å². The fourth-order valence-corrected chi connectivity index (χ4v) is 2.70. The number of nitrogens with zero attached hydrogens (tertiary/aromatic N) is 1. The van der Waals surface area contributed by atoms with Crippen LogP contribution < -0.4 is 9.62 Å². The topological polar surface area (TPSA) is 66.5 Å². The van der Waals surface area contributed by atoms with Gasteiger partial charge < -0.3 is 5.32 Å². The highest BCUT2D eigenvalue weighted by Crippen LogP contribution is 2.25. The van der Waals surface area contributed by atoms with Crippen molar-refractivity contribution in [3.05, 3.63) is 29.6 Å². The normalized spacial score (nSPS) is 11.6. The summed E-state index contributed by atoms with van der Waals surface area (Å²) in [6.45, 7) is 3.81. The molecule has 1 aromatic rings. The van der Waals surface area contributed by atoms with Crippen LogP contribution in [0.3, 0.4) is 0 Å². The summed E-state index contributed by atoms with van der Waals surface area (Å²) < 4.78 is 64.1. The van der Waals surface area contributed by atoms with E-state index in [1.165, 1.54) is 0 Å². The lowest BCUT2D eigenvalue weighted by atomic mass is 10.2. The SMILES string of the molecule is CC(C)CNC(=O)CCN(c1ccc(F)c(F)c1F)S(C)(=O)=O. The van der Waals surface area contributed by atoms with E-state index in [1.54, 1.807) is 0 Å². The number of halogens is 3. The predicted molar refractivity (Wildman–Crippen MR) is 81.0 cm³/mol. The summed E-state index contributed by atoms with van der Waals surface area (Å²) >= 11 is 0. The Labute approximate surface area is 133 Å². The second-order valence-corrected chi connectivity index (χ2v) is 7.38. The lowest BCUT2D eigenvalue weighted by Crippen LogP contribution is -2.36. The minimum absolute atomic E-state index is 0.216. The third-order valence-electron chi connectivity index (χ3n) is 2.93. The van der Waals surface area contributed by atoms with Gasteiger partial charge in [-0.25, -0.2) is 21.6 Å². The van der Waals surface area contributed by atoms with Crippen LogP contribution in [0.5, 0.6) is 0 Å². The van der Waals surface area contributed by atoms with Gasteiger partial charge in [0.2, 0.25) is 15.9 Å². The van der Waals surface area contributed by atoms with Crippen LogP contribution in [-0.4, -0.2) is 33.7 Å². The number of nitrogens with one attached hydrogen (secondary N) is 1. The van der Waals surface area contributed by atoms with Crippen LogP contribution in [0.1, 0.15) is 20.3 Å². The van der Waals surface area contributed by atoms with E-state index in [-0.39, 0.29) is 18.9 Å². The van der Waals surface area contributed by atoms with Crippen molar-refractivity contribution in [3.8, 4) is 0 Å². The van der Waals surface area contributed by atoms with Crippen LogP contribution in [0.4, 0.5) is 18.9 Å². The van der Waals surface area contributed by atoms with E-state index in [1.807, 2.05) is 13.8 Å². The van der Waals surface area contributed by atoms with Gasteiger partial charge in [0.15, 0.2) is 17.5 Å². The molecule has 1 amide bonds. The van der Waals surface area contributed by atoms with Gasteiger partial charge in [0, 0.05) is 19.5 Å². The molecule has 1 aromatic carbocycles. The Bertz CT molecular complexity index is 678. The molecule has 0 aliphatic heterocycles. The van der Waals surface area contributed by atoms with Gasteiger partial charge in [-0.15, -0.1) is 0 Å². The quantitative estimate of drug-likeness (QED) is 0.764. The molecule has 0 unspecified atom stereocenters. The van der Waals surface area contributed by atoms with Crippen molar-refractivity contribution in [1.82, 2.24) is 5.32 Å². The van der Waals surface area contributed by atoms with Crippen molar-refractivity contribution in [2.24, 2.45) is 5.92 Å². The predicted octanol–water partition coefficient (Wildman–Crippen LogP) is 2.03. The number of rotatable bonds is 7. The Kier molecular flexibility index (Phi) is 6.43. The molecule has 0 aromatic heterocycles. The Morgan fingerprint density at radius 1 is 1.22 bits per heavy atom. The molecule has 0 radical (unpaired) electrons. The lowest BCUT2D eigenvalue weighted by Gasteiger charge is -2.23. The summed E-state index contributed by atoms with van der Waals surface area (Å²) in [4.78, 5) is 11.7. The fourth-order valence-electron chi connectivity index (χ4n) is 1.78. The number of benzene rings is 1. The smallest absolute Gasteiger partial charge is 0.232 e. The Hall–Kier alpha value is -1.77. The molecule has 0 aliphatic rings. The molecule has 0 atom stereocenters. The van der Waals surface area contributed by atoms with Crippen LogP contribution in [0.2, 0.25) is 0 Å². The van der Waals surface area contributed by atoms with Gasteiger partial charge in [0.1, 0.15) is 0 Å². The number of hydrogen-bond donors (Lipinski definition) is 1. The monoisotopic (exact) mass is 352 g/mol. The standard InChI is InChI=1S/C14H19F3N2O3S/c1-9(2)8-18-12(20)6-7-19(23(3,21)22)11-5-4-10(15)13(16)14(11)17/h4-5,9H,6-8H2,1-3H3,(H,18,20). The summed E-state index contributed by atoms with van der Waals surface area (Å²) in [5, 5.41) is 2.59. The molecule has 23 heavy (non-hydrogen) atoms. The fraction of sp³-hybridized carbons (Fsp3) is 0.500. The number of sulfonamides is 1. The van der Waals surface area contributed by atoms with Gasteiger partial charge in [-0.2, -0.15) is 0 Å². The molecule has 0 bridgehead atoms. The van der Waals surface area contributed by atoms with E-state index >= 15 is 0 Å².